The zero-order valence-corrected chi connectivity index (χ0v) is 15.2. The molecule has 0 amide bonds. The van der Waals surface area contributed by atoms with Gasteiger partial charge >= 0.3 is 0 Å². The predicted molar refractivity (Wildman–Crippen MR) is 106 cm³/mol. The summed E-state index contributed by atoms with van der Waals surface area (Å²) in [5.41, 5.74) is 2.52. The lowest BCUT2D eigenvalue weighted by Crippen LogP contribution is -2.52. The normalized spacial score (nSPS) is 14.5. The van der Waals surface area contributed by atoms with Crippen LogP contribution < -0.4 is 10.2 Å². The molecule has 1 aliphatic rings. The fourth-order valence-corrected chi connectivity index (χ4v) is 3.38. The highest BCUT2D eigenvalue weighted by atomic mass is 35.5. The number of piperazine rings is 1. The first-order chi connectivity index (χ1) is 11.7. The Morgan fingerprint density at radius 1 is 1.00 bits per heavy atom. The Bertz CT molecular complexity index is 669. The van der Waals surface area contributed by atoms with Crippen LogP contribution in [-0.4, -0.2) is 42.7 Å². The van der Waals surface area contributed by atoms with Gasteiger partial charge in [-0.3, -0.25) is 0 Å². The van der Waals surface area contributed by atoms with Gasteiger partial charge in [0.1, 0.15) is 0 Å². The van der Waals surface area contributed by atoms with E-state index in [1.807, 2.05) is 24.3 Å². The topological polar surface area (TPSA) is 18.5 Å². The number of hydrogen-bond donors (Lipinski definition) is 1. The van der Waals surface area contributed by atoms with Crippen LogP contribution in [0.3, 0.4) is 0 Å². The van der Waals surface area contributed by atoms with Crippen LogP contribution in [0.25, 0.3) is 0 Å². The quantitative estimate of drug-likeness (QED) is 0.841. The van der Waals surface area contributed by atoms with E-state index in [9.17, 15) is 0 Å². The van der Waals surface area contributed by atoms with E-state index in [1.165, 1.54) is 11.3 Å². The standard InChI is InChI=1S/C19H22ClN3S/c20-17-7-4-8-18(15-17)22-11-13-23(14-12-22)19(24)21-10-9-16-5-2-1-3-6-16/h1-8,15H,9-14H2,(H,21,24). The summed E-state index contributed by atoms with van der Waals surface area (Å²) in [7, 11) is 0. The molecule has 0 bridgehead atoms. The summed E-state index contributed by atoms with van der Waals surface area (Å²) >= 11 is 11.6. The van der Waals surface area contributed by atoms with E-state index in [2.05, 4.69) is 45.4 Å². The van der Waals surface area contributed by atoms with Crippen LogP contribution in [0.4, 0.5) is 5.69 Å². The van der Waals surface area contributed by atoms with Crippen molar-refractivity contribution in [2.24, 2.45) is 0 Å². The average molecular weight is 360 g/mol. The summed E-state index contributed by atoms with van der Waals surface area (Å²) in [5, 5.41) is 5.03. The number of rotatable bonds is 4. The van der Waals surface area contributed by atoms with Crippen LogP contribution >= 0.6 is 23.8 Å². The molecule has 126 valence electrons. The molecule has 0 atom stereocenters. The van der Waals surface area contributed by atoms with Gasteiger partial charge in [-0.25, -0.2) is 0 Å². The molecule has 0 aliphatic carbocycles. The van der Waals surface area contributed by atoms with Gasteiger partial charge in [-0.15, -0.1) is 0 Å². The van der Waals surface area contributed by atoms with Gasteiger partial charge in [-0.2, -0.15) is 0 Å². The van der Waals surface area contributed by atoms with Gasteiger partial charge in [0.05, 0.1) is 0 Å². The molecule has 3 rings (SSSR count). The van der Waals surface area contributed by atoms with E-state index in [1.54, 1.807) is 0 Å². The first-order valence-electron chi connectivity index (χ1n) is 8.29. The highest BCUT2D eigenvalue weighted by Gasteiger charge is 2.19. The Balaban J connectivity index is 1.43. The Morgan fingerprint density at radius 3 is 2.46 bits per heavy atom. The van der Waals surface area contributed by atoms with Crippen LogP contribution in [0.15, 0.2) is 54.6 Å². The Hall–Kier alpha value is -1.78. The molecule has 0 aromatic heterocycles. The number of thiocarbonyl (C=S) groups is 1. The molecule has 2 aromatic rings. The molecule has 0 spiro atoms. The maximum atomic E-state index is 6.08. The second-order valence-corrected chi connectivity index (χ2v) is 6.74. The third-order valence-corrected chi connectivity index (χ3v) is 4.91. The molecular weight excluding hydrogens is 338 g/mol. The number of hydrogen-bond acceptors (Lipinski definition) is 2. The molecule has 0 unspecified atom stereocenters. The molecule has 1 fully saturated rings. The molecule has 2 aromatic carbocycles. The summed E-state index contributed by atoms with van der Waals surface area (Å²) in [5.74, 6) is 0. The lowest BCUT2D eigenvalue weighted by Gasteiger charge is -2.37. The van der Waals surface area contributed by atoms with Crippen LogP contribution in [0, 0.1) is 0 Å². The number of anilines is 1. The second-order valence-electron chi connectivity index (χ2n) is 5.92. The first-order valence-corrected chi connectivity index (χ1v) is 9.08. The Labute approximate surface area is 154 Å². The molecule has 0 radical (unpaired) electrons. The fourth-order valence-electron chi connectivity index (χ4n) is 2.91. The van der Waals surface area contributed by atoms with Crippen LogP contribution in [-0.2, 0) is 6.42 Å². The van der Waals surface area contributed by atoms with Crippen molar-refractivity contribution in [3.8, 4) is 0 Å². The zero-order valence-electron chi connectivity index (χ0n) is 13.6. The van der Waals surface area contributed by atoms with Gasteiger partial charge in [0.25, 0.3) is 0 Å². The van der Waals surface area contributed by atoms with E-state index in [4.69, 9.17) is 23.8 Å². The van der Waals surface area contributed by atoms with E-state index in [0.717, 1.165) is 49.3 Å². The molecular formula is C19H22ClN3S. The minimum absolute atomic E-state index is 0.785. The van der Waals surface area contributed by atoms with Crippen molar-refractivity contribution >= 4 is 34.6 Å². The van der Waals surface area contributed by atoms with Crippen molar-refractivity contribution in [3.05, 3.63) is 65.2 Å². The molecule has 0 saturated carbocycles. The van der Waals surface area contributed by atoms with Crippen LogP contribution in [0.5, 0.6) is 0 Å². The van der Waals surface area contributed by atoms with Gasteiger partial charge in [-0.05, 0) is 42.4 Å². The molecule has 1 N–H and O–H groups in total. The number of halogens is 1. The van der Waals surface area contributed by atoms with Crippen molar-refractivity contribution in [2.45, 2.75) is 6.42 Å². The second kappa shape index (κ2) is 8.36. The van der Waals surface area contributed by atoms with Crippen molar-refractivity contribution in [2.75, 3.05) is 37.6 Å². The van der Waals surface area contributed by atoms with Crippen molar-refractivity contribution in [1.29, 1.82) is 0 Å². The van der Waals surface area contributed by atoms with E-state index in [-0.39, 0.29) is 0 Å². The van der Waals surface area contributed by atoms with Crippen LogP contribution in [0.2, 0.25) is 5.02 Å². The summed E-state index contributed by atoms with van der Waals surface area (Å²) in [6.45, 7) is 4.66. The summed E-state index contributed by atoms with van der Waals surface area (Å²) in [6.07, 6.45) is 0.990. The van der Waals surface area contributed by atoms with Gasteiger partial charge < -0.3 is 15.1 Å². The maximum Gasteiger partial charge on any atom is 0.169 e. The minimum Gasteiger partial charge on any atom is -0.368 e. The van der Waals surface area contributed by atoms with Crippen LogP contribution in [0.1, 0.15) is 5.56 Å². The largest absolute Gasteiger partial charge is 0.368 e. The Kier molecular flexibility index (Phi) is 5.94. The number of nitrogens with zero attached hydrogens (tertiary/aromatic N) is 2. The van der Waals surface area contributed by atoms with Gasteiger partial charge in [-0.1, -0.05) is 48.0 Å². The lowest BCUT2D eigenvalue weighted by molar-refractivity contribution is 0.380. The summed E-state index contributed by atoms with van der Waals surface area (Å²) in [4.78, 5) is 4.61. The number of nitrogens with one attached hydrogen (secondary N) is 1. The summed E-state index contributed by atoms with van der Waals surface area (Å²) in [6, 6.07) is 18.5. The van der Waals surface area contributed by atoms with Gasteiger partial charge in [0.15, 0.2) is 5.11 Å². The average Bonchev–Trinajstić information content (AvgIpc) is 2.63. The third-order valence-electron chi connectivity index (χ3n) is 4.27. The van der Waals surface area contributed by atoms with Crippen molar-refractivity contribution in [1.82, 2.24) is 10.2 Å². The smallest absolute Gasteiger partial charge is 0.169 e. The third kappa shape index (κ3) is 4.62. The lowest BCUT2D eigenvalue weighted by atomic mass is 10.1. The van der Waals surface area contributed by atoms with Gasteiger partial charge in [0.2, 0.25) is 0 Å². The molecule has 1 saturated heterocycles. The zero-order chi connectivity index (χ0) is 16.8. The predicted octanol–water partition coefficient (Wildman–Crippen LogP) is 3.58. The SMILES string of the molecule is S=C(NCCc1ccccc1)N1CCN(c2cccc(Cl)c2)CC1. The van der Waals surface area contributed by atoms with E-state index in [0.29, 0.717) is 0 Å². The molecule has 24 heavy (non-hydrogen) atoms. The highest BCUT2D eigenvalue weighted by Crippen LogP contribution is 2.20. The maximum absolute atomic E-state index is 6.08. The molecule has 3 nitrogen and oxygen atoms in total. The summed E-state index contributed by atoms with van der Waals surface area (Å²) < 4.78 is 0. The molecule has 1 heterocycles. The monoisotopic (exact) mass is 359 g/mol. The first kappa shape index (κ1) is 17.1. The number of benzene rings is 2. The molecule has 1 aliphatic heterocycles. The fraction of sp³-hybridized carbons (Fsp3) is 0.316. The van der Waals surface area contributed by atoms with Crippen molar-refractivity contribution < 1.29 is 0 Å². The van der Waals surface area contributed by atoms with E-state index < -0.39 is 0 Å². The minimum atomic E-state index is 0.785. The van der Waals surface area contributed by atoms with Crippen molar-refractivity contribution in [3.63, 3.8) is 0 Å². The van der Waals surface area contributed by atoms with Gasteiger partial charge in [0, 0.05) is 43.4 Å². The van der Waals surface area contributed by atoms with E-state index >= 15 is 0 Å². The molecule has 5 heteroatoms. The highest BCUT2D eigenvalue weighted by molar-refractivity contribution is 7.80. The Morgan fingerprint density at radius 2 is 1.75 bits per heavy atom.